The van der Waals surface area contributed by atoms with Crippen molar-refractivity contribution in [2.75, 3.05) is 26.9 Å². The van der Waals surface area contributed by atoms with Crippen LogP contribution in [0.15, 0.2) is 42.5 Å². The molecule has 164 valence electrons. The van der Waals surface area contributed by atoms with Crippen molar-refractivity contribution in [3.05, 3.63) is 48.0 Å². The van der Waals surface area contributed by atoms with Crippen LogP contribution in [-0.4, -0.2) is 38.7 Å². The molecule has 0 saturated heterocycles. The van der Waals surface area contributed by atoms with Gasteiger partial charge in [0, 0.05) is 12.5 Å². The first-order chi connectivity index (χ1) is 15.1. The normalized spacial score (nSPS) is 9.84. The van der Waals surface area contributed by atoms with Crippen LogP contribution in [0, 0.1) is 11.3 Å². The molecule has 0 fully saturated rings. The number of rotatable bonds is 11. The minimum atomic E-state index is -0.502. The van der Waals surface area contributed by atoms with Crippen LogP contribution in [0.25, 0.3) is 0 Å². The van der Waals surface area contributed by atoms with Crippen molar-refractivity contribution in [2.45, 2.75) is 19.8 Å². The Kier molecular flexibility index (Phi) is 9.49. The fraction of sp³-hybridized carbons (Fsp3) is 0.318. The van der Waals surface area contributed by atoms with Crippen LogP contribution < -0.4 is 29.8 Å². The summed E-state index contributed by atoms with van der Waals surface area (Å²) in [6, 6.07) is 13.9. The minimum absolute atomic E-state index is 0.146. The van der Waals surface area contributed by atoms with Gasteiger partial charge in [0.25, 0.3) is 5.91 Å². The van der Waals surface area contributed by atoms with Crippen molar-refractivity contribution in [3.8, 4) is 29.1 Å². The second-order valence-corrected chi connectivity index (χ2v) is 6.19. The highest BCUT2D eigenvalue weighted by Crippen LogP contribution is 2.28. The van der Waals surface area contributed by atoms with Crippen molar-refractivity contribution in [1.82, 2.24) is 10.9 Å². The summed E-state index contributed by atoms with van der Waals surface area (Å²) in [7, 11) is 1.48. The van der Waals surface area contributed by atoms with E-state index >= 15 is 0 Å². The smallest absolute Gasteiger partial charge is 0.276 e. The molecule has 0 unspecified atom stereocenters. The molecule has 2 aromatic rings. The Bertz CT molecular complexity index is 926. The zero-order valence-corrected chi connectivity index (χ0v) is 17.5. The highest BCUT2D eigenvalue weighted by atomic mass is 16.5. The number of methoxy groups -OCH3 is 1. The number of carbonyl (C=O) groups is 2. The van der Waals surface area contributed by atoms with Gasteiger partial charge in [0.15, 0.2) is 29.6 Å². The zero-order chi connectivity index (χ0) is 22.5. The lowest BCUT2D eigenvalue weighted by Gasteiger charge is -2.12. The molecular formula is C22H25N3O6. The van der Waals surface area contributed by atoms with Gasteiger partial charge in [-0.15, -0.1) is 0 Å². The standard InChI is InChI=1S/C22H25N3O6/c1-3-29-17-7-4-5-8-18(17)31-15-22(27)25-24-21(26)9-6-12-30-19-11-10-16(14-23)13-20(19)28-2/h4-5,7-8,10-11,13H,3,6,9,12,15H2,1-2H3,(H,24,26)(H,25,27). The van der Waals surface area contributed by atoms with Crippen molar-refractivity contribution in [3.63, 3.8) is 0 Å². The summed E-state index contributed by atoms with van der Waals surface area (Å²) in [5.41, 5.74) is 5.09. The molecular weight excluding hydrogens is 402 g/mol. The van der Waals surface area contributed by atoms with Crippen LogP contribution in [0.2, 0.25) is 0 Å². The minimum Gasteiger partial charge on any atom is -0.493 e. The largest absolute Gasteiger partial charge is 0.493 e. The van der Waals surface area contributed by atoms with Crippen molar-refractivity contribution >= 4 is 11.8 Å². The number of nitrogens with one attached hydrogen (secondary N) is 2. The Morgan fingerprint density at radius 2 is 1.61 bits per heavy atom. The topological polar surface area (TPSA) is 119 Å². The number of hydrogen-bond donors (Lipinski definition) is 2. The van der Waals surface area contributed by atoms with E-state index in [9.17, 15) is 9.59 Å². The molecule has 31 heavy (non-hydrogen) atoms. The van der Waals surface area contributed by atoms with E-state index in [2.05, 4.69) is 10.9 Å². The van der Waals surface area contributed by atoms with Gasteiger partial charge in [-0.3, -0.25) is 20.4 Å². The molecule has 0 spiro atoms. The number of nitriles is 1. The first-order valence-electron chi connectivity index (χ1n) is 9.70. The number of carbonyl (C=O) groups excluding carboxylic acids is 2. The molecule has 0 bridgehead atoms. The van der Waals surface area contributed by atoms with Gasteiger partial charge in [0.1, 0.15) is 0 Å². The number of hydrazine groups is 1. The van der Waals surface area contributed by atoms with E-state index in [0.717, 1.165) is 0 Å². The molecule has 0 radical (unpaired) electrons. The molecule has 9 heteroatoms. The predicted octanol–water partition coefficient (Wildman–Crippen LogP) is 2.35. The molecule has 0 heterocycles. The van der Waals surface area contributed by atoms with Gasteiger partial charge < -0.3 is 18.9 Å². The summed E-state index contributed by atoms with van der Waals surface area (Å²) in [6.45, 7) is 2.32. The lowest BCUT2D eigenvalue weighted by atomic mass is 10.2. The Balaban J connectivity index is 1.66. The predicted molar refractivity (Wildman–Crippen MR) is 112 cm³/mol. The summed E-state index contributed by atoms with van der Waals surface area (Å²) in [4.78, 5) is 23.8. The maximum absolute atomic E-state index is 11.9. The van der Waals surface area contributed by atoms with Gasteiger partial charge in [0.2, 0.25) is 5.91 Å². The van der Waals surface area contributed by atoms with Crippen LogP contribution in [0.3, 0.4) is 0 Å². The molecule has 9 nitrogen and oxygen atoms in total. The summed E-state index contributed by atoms with van der Waals surface area (Å²) in [5.74, 6) is 1.06. The first-order valence-corrected chi connectivity index (χ1v) is 9.70. The van der Waals surface area contributed by atoms with Crippen molar-refractivity contribution in [1.29, 1.82) is 5.26 Å². The molecule has 0 saturated carbocycles. The molecule has 2 amide bonds. The molecule has 0 aliphatic rings. The molecule has 0 atom stereocenters. The van der Waals surface area contributed by atoms with Crippen LogP contribution in [-0.2, 0) is 9.59 Å². The van der Waals surface area contributed by atoms with Gasteiger partial charge >= 0.3 is 0 Å². The molecule has 2 aromatic carbocycles. The molecule has 2 N–H and O–H groups in total. The lowest BCUT2D eigenvalue weighted by molar-refractivity contribution is -0.130. The van der Waals surface area contributed by atoms with Gasteiger partial charge in [-0.1, -0.05) is 12.1 Å². The summed E-state index contributed by atoms with van der Waals surface area (Å²) < 4.78 is 21.6. The average molecular weight is 427 g/mol. The third-order valence-corrected chi connectivity index (χ3v) is 3.95. The monoisotopic (exact) mass is 427 g/mol. The maximum atomic E-state index is 11.9. The van der Waals surface area contributed by atoms with Crippen molar-refractivity contribution in [2.24, 2.45) is 0 Å². The van der Waals surface area contributed by atoms with E-state index in [-0.39, 0.29) is 25.5 Å². The fourth-order valence-corrected chi connectivity index (χ4v) is 2.50. The number of benzene rings is 2. The number of amides is 2. The van der Waals surface area contributed by atoms with E-state index in [4.69, 9.17) is 24.2 Å². The Labute approximate surface area is 180 Å². The van der Waals surface area contributed by atoms with E-state index in [1.165, 1.54) is 7.11 Å². The third kappa shape index (κ3) is 7.78. The second kappa shape index (κ2) is 12.6. The average Bonchev–Trinajstić information content (AvgIpc) is 2.80. The van der Waals surface area contributed by atoms with Gasteiger partial charge in [-0.05, 0) is 37.6 Å². The van der Waals surface area contributed by atoms with E-state index in [1.54, 1.807) is 42.5 Å². The van der Waals surface area contributed by atoms with Crippen LogP contribution >= 0.6 is 0 Å². The molecule has 0 aliphatic heterocycles. The van der Waals surface area contributed by atoms with Crippen LogP contribution in [0.1, 0.15) is 25.3 Å². The number of nitrogens with zero attached hydrogens (tertiary/aromatic N) is 1. The van der Waals surface area contributed by atoms with E-state index < -0.39 is 5.91 Å². The highest BCUT2D eigenvalue weighted by molar-refractivity contribution is 5.82. The van der Waals surface area contributed by atoms with Crippen molar-refractivity contribution < 1.29 is 28.5 Å². The first kappa shape index (κ1) is 23.3. The maximum Gasteiger partial charge on any atom is 0.276 e. The quantitative estimate of drug-likeness (QED) is 0.417. The van der Waals surface area contributed by atoms with Gasteiger partial charge in [-0.25, -0.2) is 0 Å². The van der Waals surface area contributed by atoms with E-state index in [1.807, 2.05) is 13.0 Å². The fourth-order valence-electron chi connectivity index (χ4n) is 2.50. The lowest BCUT2D eigenvalue weighted by Crippen LogP contribution is -2.43. The summed E-state index contributed by atoms with van der Waals surface area (Å²) >= 11 is 0. The zero-order valence-electron chi connectivity index (χ0n) is 17.5. The van der Waals surface area contributed by atoms with Gasteiger partial charge in [0.05, 0.1) is 32.0 Å². The number of para-hydroxylation sites is 2. The van der Waals surface area contributed by atoms with Crippen LogP contribution in [0.5, 0.6) is 23.0 Å². The highest BCUT2D eigenvalue weighted by Gasteiger charge is 2.09. The Morgan fingerprint density at radius 3 is 2.29 bits per heavy atom. The SMILES string of the molecule is CCOc1ccccc1OCC(=O)NNC(=O)CCCOc1ccc(C#N)cc1OC. The Hall–Kier alpha value is -3.93. The number of ether oxygens (including phenoxy) is 4. The summed E-state index contributed by atoms with van der Waals surface area (Å²) in [5, 5.41) is 8.90. The second-order valence-electron chi connectivity index (χ2n) is 6.19. The summed E-state index contributed by atoms with van der Waals surface area (Å²) in [6.07, 6.45) is 0.565. The third-order valence-electron chi connectivity index (χ3n) is 3.95. The van der Waals surface area contributed by atoms with E-state index in [0.29, 0.717) is 41.6 Å². The molecule has 2 rings (SSSR count). The molecule has 0 aromatic heterocycles. The van der Waals surface area contributed by atoms with Crippen LogP contribution in [0.4, 0.5) is 0 Å². The van der Waals surface area contributed by atoms with Gasteiger partial charge in [-0.2, -0.15) is 5.26 Å². The number of hydrogen-bond acceptors (Lipinski definition) is 7. The molecule has 0 aliphatic carbocycles. The Morgan fingerprint density at radius 1 is 0.935 bits per heavy atom.